The van der Waals surface area contributed by atoms with Crippen molar-refractivity contribution in [2.45, 2.75) is 65.3 Å². The van der Waals surface area contributed by atoms with E-state index in [4.69, 9.17) is 9.84 Å². The van der Waals surface area contributed by atoms with Gasteiger partial charge in [0.2, 0.25) is 0 Å². The summed E-state index contributed by atoms with van der Waals surface area (Å²) in [6.07, 6.45) is 2.63. The highest BCUT2D eigenvalue weighted by molar-refractivity contribution is 5.66. The van der Waals surface area contributed by atoms with Gasteiger partial charge in [-0.15, -0.1) is 0 Å². The number of carboxylic acids is 1. The lowest BCUT2D eigenvalue weighted by Gasteiger charge is -2.39. The van der Waals surface area contributed by atoms with E-state index in [1.807, 2.05) is 0 Å². The van der Waals surface area contributed by atoms with E-state index in [9.17, 15) is 9.90 Å². The van der Waals surface area contributed by atoms with Gasteiger partial charge in [0.25, 0.3) is 0 Å². The molecule has 104 valence electrons. The van der Waals surface area contributed by atoms with E-state index in [1.165, 1.54) is 6.42 Å². The van der Waals surface area contributed by atoms with Gasteiger partial charge in [-0.2, -0.15) is 0 Å². The number of rotatable bonds is 5. The zero-order valence-electron chi connectivity index (χ0n) is 11.5. The van der Waals surface area contributed by atoms with E-state index in [0.29, 0.717) is 5.92 Å². The summed E-state index contributed by atoms with van der Waals surface area (Å²) in [6, 6.07) is 0. The van der Waals surface area contributed by atoms with E-state index in [-0.39, 0.29) is 29.8 Å². The molecule has 2 bridgehead atoms. The van der Waals surface area contributed by atoms with Crippen LogP contribution in [0.1, 0.15) is 52.9 Å². The zero-order valence-corrected chi connectivity index (χ0v) is 11.5. The van der Waals surface area contributed by atoms with Crippen molar-refractivity contribution in [3.05, 3.63) is 0 Å². The minimum Gasteiger partial charge on any atom is -0.481 e. The second kappa shape index (κ2) is 4.49. The first kappa shape index (κ1) is 13.8. The second-order valence-electron chi connectivity index (χ2n) is 6.62. The molecule has 4 atom stereocenters. The lowest BCUT2D eigenvalue weighted by molar-refractivity contribution is -0.177. The third-order valence-corrected chi connectivity index (χ3v) is 5.64. The lowest BCUT2D eigenvalue weighted by atomic mass is 9.70. The predicted molar refractivity (Wildman–Crippen MR) is 67.0 cm³/mol. The maximum Gasteiger partial charge on any atom is 0.303 e. The summed E-state index contributed by atoms with van der Waals surface area (Å²) in [4.78, 5) is 10.5. The maximum absolute atomic E-state index is 10.5. The summed E-state index contributed by atoms with van der Waals surface area (Å²) in [5.41, 5.74) is 0.367. The molecule has 4 nitrogen and oxygen atoms in total. The van der Waals surface area contributed by atoms with Crippen LogP contribution in [-0.2, 0) is 9.53 Å². The molecule has 1 unspecified atom stereocenters. The number of fused-ring (bicyclic) bond motifs is 2. The second-order valence-corrected chi connectivity index (χ2v) is 6.62. The van der Waals surface area contributed by atoms with Gasteiger partial charge in [-0.05, 0) is 36.0 Å². The highest BCUT2D eigenvalue weighted by atomic mass is 16.6. The molecule has 0 radical (unpaired) electrons. The normalized spacial score (nSPS) is 38.9. The molecule has 2 N–H and O–H groups in total. The van der Waals surface area contributed by atoms with Gasteiger partial charge in [-0.3, -0.25) is 4.79 Å². The minimum atomic E-state index is -0.946. The monoisotopic (exact) mass is 256 g/mol. The molecule has 2 fully saturated rings. The molecule has 0 aromatic carbocycles. The Kier molecular flexibility index (Phi) is 3.45. The molecule has 0 spiro atoms. The molecule has 0 heterocycles. The summed E-state index contributed by atoms with van der Waals surface area (Å²) < 4.78 is 5.73. The number of aliphatic hydroxyl groups excluding tert-OH is 1. The van der Waals surface area contributed by atoms with Crippen LogP contribution in [0.5, 0.6) is 0 Å². The molecular weight excluding hydrogens is 232 g/mol. The van der Waals surface area contributed by atoms with Gasteiger partial charge >= 0.3 is 5.97 Å². The first-order chi connectivity index (χ1) is 8.27. The molecule has 4 heteroatoms. The number of ether oxygens (including phenoxy) is 1. The molecular formula is C14H24O4. The van der Waals surface area contributed by atoms with Crippen molar-refractivity contribution in [2.75, 3.05) is 0 Å². The van der Waals surface area contributed by atoms with E-state index in [1.54, 1.807) is 0 Å². The Morgan fingerprint density at radius 2 is 2.11 bits per heavy atom. The van der Waals surface area contributed by atoms with Crippen molar-refractivity contribution in [3.63, 3.8) is 0 Å². The Morgan fingerprint density at radius 3 is 2.56 bits per heavy atom. The van der Waals surface area contributed by atoms with Gasteiger partial charge in [-0.25, -0.2) is 0 Å². The quantitative estimate of drug-likeness (QED) is 0.741. The van der Waals surface area contributed by atoms with Crippen LogP contribution in [0.25, 0.3) is 0 Å². The molecule has 18 heavy (non-hydrogen) atoms. The standard InChI is InChI=1S/C14H24O4/c1-13(2)9-6-7-14(13,3)10(8-9)18-12(17)5-4-11(15)16/h9-10,12,17H,4-8H2,1-3H3,(H,15,16)/t9-,10-,12?,14+/m1/s1. The molecule has 0 aromatic heterocycles. The fourth-order valence-corrected chi connectivity index (χ4v) is 3.84. The Balaban J connectivity index is 1.94. The van der Waals surface area contributed by atoms with Gasteiger partial charge in [-0.1, -0.05) is 20.8 Å². The Morgan fingerprint density at radius 1 is 1.44 bits per heavy atom. The van der Waals surface area contributed by atoms with Crippen LogP contribution in [-0.4, -0.2) is 28.6 Å². The fraction of sp³-hybridized carbons (Fsp3) is 0.929. The molecule has 2 aliphatic rings. The minimum absolute atomic E-state index is 0.0442. The van der Waals surface area contributed by atoms with E-state index in [2.05, 4.69) is 20.8 Å². The van der Waals surface area contributed by atoms with Crippen LogP contribution in [0.15, 0.2) is 0 Å². The molecule has 2 aliphatic carbocycles. The summed E-state index contributed by atoms with van der Waals surface area (Å²) >= 11 is 0. The van der Waals surface area contributed by atoms with Crippen LogP contribution in [0.3, 0.4) is 0 Å². The van der Waals surface area contributed by atoms with Crippen LogP contribution in [0, 0.1) is 16.7 Å². The topological polar surface area (TPSA) is 66.8 Å². The molecule has 0 amide bonds. The molecule has 0 saturated heterocycles. The lowest BCUT2D eigenvalue weighted by Crippen LogP contribution is -2.39. The number of hydrogen-bond donors (Lipinski definition) is 2. The first-order valence-corrected chi connectivity index (χ1v) is 6.82. The van der Waals surface area contributed by atoms with Crippen molar-refractivity contribution >= 4 is 5.97 Å². The Hall–Kier alpha value is -0.610. The third-order valence-electron chi connectivity index (χ3n) is 5.64. The van der Waals surface area contributed by atoms with Gasteiger partial charge in [0, 0.05) is 6.42 Å². The fourth-order valence-electron chi connectivity index (χ4n) is 3.84. The van der Waals surface area contributed by atoms with Crippen LogP contribution in [0.2, 0.25) is 0 Å². The van der Waals surface area contributed by atoms with Crippen LogP contribution >= 0.6 is 0 Å². The highest BCUT2D eigenvalue weighted by Crippen LogP contribution is 2.66. The summed E-state index contributed by atoms with van der Waals surface area (Å²) in [5.74, 6) is -0.226. The van der Waals surface area contributed by atoms with E-state index < -0.39 is 12.3 Å². The highest BCUT2D eigenvalue weighted by Gasteiger charge is 2.62. The number of aliphatic carboxylic acids is 1. The van der Waals surface area contributed by atoms with Gasteiger partial charge in [0.1, 0.15) is 0 Å². The summed E-state index contributed by atoms with van der Waals surface area (Å²) in [7, 11) is 0. The average molecular weight is 256 g/mol. The summed E-state index contributed by atoms with van der Waals surface area (Å²) in [6.45, 7) is 6.82. The molecule has 0 aromatic rings. The zero-order chi connectivity index (χ0) is 13.6. The van der Waals surface area contributed by atoms with Gasteiger partial charge in [0.05, 0.1) is 12.5 Å². The molecule has 2 rings (SSSR count). The molecule has 2 saturated carbocycles. The first-order valence-electron chi connectivity index (χ1n) is 6.82. The SMILES string of the molecule is CC1(C)[C@@H]2CC[C@@]1(C)[C@H](OC(O)CCC(=O)O)C2. The largest absolute Gasteiger partial charge is 0.481 e. The molecule has 0 aliphatic heterocycles. The van der Waals surface area contributed by atoms with E-state index in [0.717, 1.165) is 12.8 Å². The van der Waals surface area contributed by atoms with Crippen molar-refractivity contribution in [1.29, 1.82) is 0 Å². The van der Waals surface area contributed by atoms with Crippen molar-refractivity contribution in [1.82, 2.24) is 0 Å². The number of carbonyl (C=O) groups is 1. The number of carboxylic acid groups (broad SMARTS) is 1. The maximum atomic E-state index is 10.5. The van der Waals surface area contributed by atoms with Crippen molar-refractivity contribution in [2.24, 2.45) is 16.7 Å². The van der Waals surface area contributed by atoms with Crippen LogP contribution < -0.4 is 0 Å². The number of aliphatic hydroxyl groups is 1. The van der Waals surface area contributed by atoms with Crippen LogP contribution in [0.4, 0.5) is 0 Å². The van der Waals surface area contributed by atoms with Gasteiger partial charge < -0.3 is 14.9 Å². The number of hydrogen-bond acceptors (Lipinski definition) is 3. The smallest absolute Gasteiger partial charge is 0.303 e. The van der Waals surface area contributed by atoms with Gasteiger partial charge in [0.15, 0.2) is 6.29 Å². The van der Waals surface area contributed by atoms with E-state index >= 15 is 0 Å². The Bertz CT molecular complexity index is 339. The summed E-state index contributed by atoms with van der Waals surface area (Å²) in [5, 5.41) is 18.4. The third kappa shape index (κ3) is 2.05. The predicted octanol–water partition coefficient (Wildman–Crippen LogP) is 2.40. The van der Waals surface area contributed by atoms with Crippen molar-refractivity contribution in [3.8, 4) is 0 Å². The average Bonchev–Trinajstić information content (AvgIpc) is 2.59. The Labute approximate surface area is 108 Å². The van der Waals surface area contributed by atoms with Crippen molar-refractivity contribution < 1.29 is 19.7 Å².